The number of hydrogen-bond donors (Lipinski definition) is 1. The molecule has 3 nitrogen and oxygen atoms in total. The predicted molar refractivity (Wildman–Crippen MR) is 60.6 cm³/mol. The quantitative estimate of drug-likeness (QED) is 0.836. The lowest BCUT2D eigenvalue weighted by atomic mass is 10.0. The summed E-state index contributed by atoms with van der Waals surface area (Å²) in [4.78, 5) is 11.4. The van der Waals surface area contributed by atoms with Crippen molar-refractivity contribution in [3.05, 3.63) is 29.8 Å². The zero-order chi connectivity index (χ0) is 9.97. The SMILES string of the molecule is COc1ccc(C2NCCC2=O)cc1.Cl. The van der Waals surface area contributed by atoms with Crippen LogP contribution in [0.25, 0.3) is 0 Å². The summed E-state index contributed by atoms with van der Waals surface area (Å²) >= 11 is 0. The number of hydrogen-bond acceptors (Lipinski definition) is 3. The Kier molecular flexibility index (Phi) is 4.12. The van der Waals surface area contributed by atoms with Gasteiger partial charge in [0.1, 0.15) is 5.75 Å². The van der Waals surface area contributed by atoms with Crippen LogP contribution in [-0.4, -0.2) is 19.4 Å². The van der Waals surface area contributed by atoms with Gasteiger partial charge in [0.2, 0.25) is 0 Å². The van der Waals surface area contributed by atoms with E-state index in [4.69, 9.17) is 4.74 Å². The van der Waals surface area contributed by atoms with Gasteiger partial charge in [0.25, 0.3) is 0 Å². The van der Waals surface area contributed by atoms with Crippen LogP contribution < -0.4 is 10.1 Å². The number of carbonyl (C=O) groups excluding carboxylic acids is 1. The number of carbonyl (C=O) groups is 1. The molecule has 4 heteroatoms. The Morgan fingerprint density at radius 2 is 2.00 bits per heavy atom. The highest BCUT2D eigenvalue weighted by atomic mass is 35.5. The molecule has 0 saturated carbocycles. The predicted octanol–water partition coefficient (Wildman–Crippen LogP) is 1.72. The lowest BCUT2D eigenvalue weighted by Gasteiger charge is -2.09. The van der Waals surface area contributed by atoms with E-state index in [0.29, 0.717) is 6.42 Å². The van der Waals surface area contributed by atoms with Crippen molar-refractivity contribution in [1.29, 1.82) is 0 Å². The van der Waals surface area contributed by atoms with Gasteiger partial charge in [-0.15, -0.1) is 12.4 Å². The van der Waals surface area contributed by atoms with Crippen molar-refractivity contribution < 1.29 is 9.53 Å². The Morgan fingerprint density at radius 1 is 1.33 bits per heavy atom. The van der Waals surface area contributed by atoms with Crippen LogP contribution in [0.2, 0.25) is 0 Å². The Morgan fingerprint density at radius 3 is 2.47 bits per heavy atom. The molecule has 1 atom stereocenters. The molecule has 2 rings (SSSR count). The number of rotatable bonds is 2. The molecule has 1 aliphatic rings. The summed E-state index contributed by atoms with van der Waals surface area (Å²) in [6, 6.07) is 7.51. The highest BCUT2D eigenvalue weighted by Crippen LogP contribution is 2.22. The molecule has 1 aromatic carbocycles. The van der Waals surface area contributed by atoms with E-state index in [1.807, 2.05) is 24.3 Å². The Balaban J connectivity index is 0.00000112. The average molecular weight is 228 g/mol. The van der Waals surface area contributed by atoms with Crippen LogP contribution in [0.15, 0.2) is 24.3 Å². The molecule has 15 heavy (non-hydrogen) atoms. The molecule has 1 N–H and O–H groups in total. The van der Waals surface area contributed by atoms with Crippen molar-refractivity contribution >= 4 is 18.2 Å². The molecule has 1 unspecified atom stereocenters. The summed E-state index contributed by atoms with van der Waals surface area (Å²) < 4.78 is 5.05. The molecule has 0 aromatic heterocycles. The minimum Gasteiger partial charge on any atom is -0.497 e. The fraction of sp³-hybridized carbons (Fsp3) is 0.364. The lowest BCUT2D eigenvalue weighted by Crippen LogP contribution is -2.17. The molecule has 0 bridgehead atoms. The zero-order valence-corrected chi connectivity index (χ0v) is 9.34. The first-order valence-electron chi connectivity index (χ1n) is 4.71. The third kappa shape index (κ3) is 2.49. The van der Waals surface area contributed by atoms with Crippen LogP contribution in [0.4, 0.5) is 0 Å². The van der Waals surface area contributed by atoms with Crippen molar-refractivity contribution in [2.45, 2.75) is 12.5 Å². The van der Waals surface area contributed by atoms with Crippen LogP contribution in [0, 0.1) is 0 Å². The van der Waals surface area contributed by atoms with Crippen LogP contribution >= 0.6 is 12.4 Å². The van der Waals surface area contributed by atoms with E-state index in [-0.39, 0.29) is 24.2 Å². The van der Waals surface area contributed by atoms with Crippen molar-refractivity contribution in [2.75, 3.05) is 13.7 Å². The molecule has 1 saturated heterocycles. The fourth-order valence-corrected chi connectivity index (χ4v) is 1.70. The van der Waals surface area contributed by atoms with E-state index < -0.39 is 0 Å². The van der Waals surface area contributed by atoms with Gasteiger partial charge in [0.15, 0.2) is 5.78 Å². The van der Waals surface area contributed by atoms with Gasteiger partial charge in [-0.2, -0.15) is 0 Å². The summed E-state index contributed by atoms with van der Waals surface area (Å²) in [5.41, 5.74) is 1.02. The van der Waals surface area contributed by atoms with Gasteiger partial charge in [-0.25, -0.2) is 0 Å². The van der Waals surface area contributed by atoms with Crippen LogP contribution in [0.3, 0.4) is 0 Å². The monoisotopic (exact) mass is 227 g/mol. The molecule has 1 fully saturated rings. The van der Waals surface area contributed by atoms with Gasteiger partial charge in [0.05, 0.1) is 13.2 Å². The second-order valence-corrected chi connectivity index (χ2v) is 3.38. The van der Waals surface area contributed by atoms with E-state index in [1.54, 1.807) is 7.11 Å². The number of nitrogens with one attached hydrogen (secondary N) is 1. The molecule has 1 aliphatic heterocycles. The van der Waals surface area contributed by atoms with Gasteiger partial charge in [-0.3, -0.25) is 4.79 Å². The molecule has 0 spiro atoms. The van der Waals surface area contributed by atoms with E-state index in [1.165, 1.54) is 0 Å². The third-order valence-electron chi connectivity index (χ3n) is 2.49. The third-order valence-corrected chi connectivity index (χ3v) is 2.49. The molecule has 82 valence electrons. The van der Waals surface area contributed by atoms with Crippen molar-refractivity contribution in [3.8, 4) is 5.75 Å². The largest absolute Gasteiger partial charge is 0.497 e. The first-order chi connectivity index (χ1) is 6.81. The molecular formula is C11H14ClNO2. The number of benzene rings is 1. The second-order valence-electron chi connectivity index (χ2n) is 3.38. The maximum atomic E-state index is 11.4. The molecule has 0 aliphatic carbocycles. The minimum atomic E-state index is -0.110. The molecular weight excluding hydrogens is 214 g/mol. The number of Topliss-reactive ketones (excluding diaryl/α,β-unsaturated/α-hetero) is 1. The summed E-state index contributed by atoms with van der Waals surface area (Å²) in [6.45, 7) is 0.787. The summed E-state index contributed by atoms with van der Waals surface area (Å²) in [5, 5.41) is 3.17. The number of halogens is 1. The maximum absolute atomic E-state index is 11.4. The van der Waals surface area contributed by atoms with Gasteiger partial charge < -0.3 is 10.1 Å². The maximum Gasteiger partial charge on any atom is 0.155 e. The van der Waals surface area contributed by atoms with Crippen LogP contribution in [-0.2, 0) is 4.79 Å². The highest BCUT2D eigenvalue weighted by molar-refractivity contribution is 5.87. The van der Waals surface area contributed by atoms with Crippen molar-refractivity contribution in [1.82, 2.24) is 5.32 Å². The van der Waals surface area contributed by atoms with Gasteiger partial charge in [0, 0.05) is 13.0 Å². The van der Waals surface area contributed by atoms with Crippen molar-refractivity contribution in [3.63, 3.8) is 0 Å². The Hall–Kier alpha value is -1.06. The fourth-order valence-electron chi connectivity index (χ4n) is 1.70. The van der Waals surface area contributed by atoms with Gasteiger partial charge >= 0.3 is 0 Å². The van der Waals surface area contributed by atoms with E-state index in [9.17, 15) is 4.79 Å². The normalized spacial score (nSPS) is 19.8. The second kappa shape index (κ2) is 5.14. The van der Waals surface area contributed by atoms with E-state index in [0.717, 1.165) is 17.9 Å². The first-order valence-corrected chi connectivity index (χ1v) is 4.71. The molecule has 1 heterocycles. The Bertz CT molecular complexity index is 337. The van der Waals surface area contributed by atoms with Crippen LogP contribution in [0.1, 0.15) is 18.0 Å². The minimum absolute atomic E-state index is 0. The topological polar surface area (TPSA) is 38.3 Å². The van der Waals surface area contributed by atoms with Gasteiger partial charge in [-0.1, -0.05) is 12.1 Å². The standard InChI is InChI=1S/C11H13NO2.ClH/c1-14-9-4-2-8(3-5-9)11-10(13)6-7-12-11;/h2-5,11-12H,6-7H2,1H3;1H. The number of ketones is 1. The zero-order valence-electron chi connectivity index (χ0n) is 8.53. The first kappa shape index (κ1) is 12.0. The van der Waals surface area contributed by atoms with E-state index in [2.05, 4.69) is 5.32 Å². The summed E-state index contributed by atoms with van der Waals surface area (Å²) in [5.74, 6) is 1.09. The Labute approximate surface area is 95.2 Å². The lowest BCUT2D eigenvalue weighted by molar-refractivity contribution is -0.118. The highest BCUT2D eigenvalue weighted by Gasteiger charge is 2.24. The molecule has 1 aromatic rings. The summed E-state index contributed by atoms with van der Waals surface area (Å²) in [6.07, 6.45) is 0.636. The average Bonchev–Trinajstić information content (AvgIpc) is 2.65. The summed E-state index contributed by atoms with van der Waals surface area (Å²) in [7, 11) is 1.63. The molecule has 0 amide bonds. The molecule has 0 radical (unpaired) electrons. The van der Waals surface area contributed by atoms with E-state index >= 15 is 0 Å². The van der Waals surface area contributed by atoms with Gasteiger partial charge in [-0.05, 0) is 17.7 Å². The number of ether oxygens (including phenoxy) is 1. The number of methoxy groups -OCH3 is 1. The smallest absolute Gasteiger partial charge is 0.155 e. The van der Waals surface area contributed by atoms with Crippen molar-refractivity contribution in [2.24, 2.45) is 0 Å². The van der Waals surface area contributed by atoms with Crippen LogP contribution in [0.5, 0.6) is 5.75 Å².